The number of hydrogen-bond donors (Lipinski definition) is 3. The van der Waals surface area contributed by atoms with Gasteiger partial charge in [-0.15, -0.1) is 11.3 Å². The summed E-state index contributed by atoms with van der Waals surface area (Å²) in [5.41, 5.74) is 0. The summed E-state index contributed by atoms with van der Waals surface area (Å²) in [7, 11) is 1.46. The average Bonchev–Trinajstić information content (AvgIpc) is 2.78. The zero-order valence-corrected chi connectivity index (χ0v) is 10.1. The van der Waals surface area contributed by atoms with Gasteiger partial charge in [0.1, 0.15) is 0 Å². The lowest BCUT2D eigenvalue weighted by Gasteiger charge is -2.12. The first kappa shape index (κ1) is 12.7. The molecule has 0 fully saturated rings. The molecule has 1 aromatic rings. The van der Waals surface area contributed by atoms with Crippen molar-refractivity contribution in [3.05, 3.63) is 22.4 Å². The minimum atomic E-state index is -0.491. The van der Waals surface area contributed by atoms with Crippen molar-refractivity contribution >= 4 is 23.3 Å². The second-order valence-electron chi connectivity index (χ2n) is 3.25. The van der Waals surface area contributed by atoms with Gasteiger partial charge in [-0.1, -0.05) is 6.07 Å². The molecule has 0 saturated heterocycles. The van der Waals surface area contributed by atoms with Gasteiger partial charge in [-0.25, -0.2) is 4.79 Å². The van der Waals surface area contributed by atoms with Gasteiger partial charge in [-0.05, 0) is 18.4 Å². The first-order valence-electron chi connectivity index (χ1n) is 4.92. The molecule has 1 aromatic heterocycles. The molecule has 1 rings (SSSR count). The summed E-state index contributed by atoms with van der Waals surface area (Å²) in [6.45, 7) is 2.34. The van der Waals surface area contributed by atoms with E-state index in [2.05, 4.69) is 16.0 Å². The van der Waals surface area contributed by atoms with Gasteiger partial charge in [0.15, 0.2) is 0 Å². The lowest BCUT2D eigenvalue weighted by atomic mass is 10.3. The highest BCUT2D eigenvalue weighted by atomic mass is 32.1. The Morgan fingerprint density at radius 1 is 1.50 bits per heavy atom. The van der Waals surface area contributed by atoms with Crippen LogP contribution >= 0.6 is 11.3 Å². The molecule has 1 heterocycles. The standard InChI is InChI=1S/C10H15N3O2S/c1-7(9(14)13-10(15)11-2)12-6-8-4-3-5-16-8/h3-5,7,12H,6H2,1-2H3,(H2,11,13,14,15). The molecular formula is C10H15N3O2S. The zero-order valence-electron chi connectivity index (χ0n) is 9.24. The van der Waals surface area contributed by atoms with Crippen molar-refractivity contribution in [3.63, 3.8) is 0 Å². The van der Waals surface area contributed by atoms with Crippen LogP contribution in [0, 0.1) is 0 Å². The summed E-state index contributed by atoms with van der Waals surface area (Å²) < 4.78 is 0. The number of imide groups is 1. The Balaban J connectivity index is 2.31. The largest absolute Gasteiger partial charge is 0.341 e. The third-order valence-corrected chi connectivity index (χ3v) is 2.90. The van der Waals surface area contributed by atoms with Crippen LogP contribution in [0.4, 0.5) is 4.79 Å². The Kier molecular flexibility index (Phi) is 4.94. The van der Waals surface area contributed by atoms with Gasteiger partial charge in [0.2, 0.25) is 5.91 Å². The smallest absolute Gasteiger partial charge is 0.321 e. The molecule has 0 aliphatic heterocycles. The van der Waals surface area contributed by atoms with Crippen molar-refractivity contribution < 1.29 is 9.59 Å². The highest BCUT2D eigenvalue weighted by Crippen LogP contribution is 2.07. The topological polar surface area (TPSA) is 70.2 Å². The second kappa shape index (κ2) is 6.24. The van der Waals surface area contributed by atoms with E-state index in [4.69, 9.17) is 0 Å². The van der Waals surface area contributed by atoms with Gasteiger partial charge in [-0.2, -0.15) is 0 Å². The molecule has 0 aliphatic rings. The number of hydrogen-bond acceptors (Lipinski definition) is 4. The van der Waals surface area contributed by atoms with E-state index in [1.54, 1.807) is 18.3 Å². The van der Waals surface area contributed by atoms with E-state index >= 15 is 0 Å². The molecule has 0 aromatic carbocycles. The number of rotatable bonds is 4. The number of nitrogens with one attached hydrogen (secondary N) is 3. The van der Waals surface area contributed by atoms with Crippen LogP contribution in [0.15, 0.2) is 17.5 Å². The van der Waals surface area contributed by atoms with Crippen LogP contribution in [0.25, 0.3) is 0 Å². The van der Waals surface area contributed by atoms with Crippen molar-refractivity contribution in [2.24, 2.45) is 0 Å². The molecule has 0 radical (unpaired) electrons. The molecule has 1 atom stereocenters. The second-order valence-corrected chi connectivity index (χ2v) is 4.28. The van der Waals surface area contributed by atoms with Crippen LogP contribution < -0.4 is 16.0 Å². The van der Waals surface area contributed by atoms with E-state index in [0.717, 1.165) is 4.88 Å². The molecule has 88 valence electrons. The maximum Gasteiger partial charge on any atom is 0.321 e. The Labute approximate surface area is 98.2 Å². The first-order valence-corrected chi connectivity index (χ1v) is 5.79. The molecule has 0 bridgehead atoms. The first-order chi connectivity index (χ1) is 7.63. The summed E-state index contributed by atoms with van der Waals surface area (Å²) in [6, 6.07) is 3.05. The minimum absolute atomic E-state index is 0.337. The Hall–Kier alpha value is -1.40. The molecule has 3 amide bonds. The van der Waals surface area contributed by atoms with Gasteiger partial charge < -0.3 is 10.6 Å². The number of amides is 3. The fraction of sp³-hybridized carbons (Fsp3) is 0.400. The van der Waals surface area contributed by atoms with Crippen molar-refractivity contribution in [1.82, 2.24) is 16.0 Å². The minimum Gasteiger partial charge on any atom is -0.341 e. The Morgan fingerprint density at radius 2 is 2.25 bits per heavy atom. The molecule has 16 heavy (non-hydrogen) atoms. The molecule has 6 heteroatoms. The summed E-state index contributed by atoms with van der Waals surface area (Å²) in [4.78, 5) is 23.5. The molecule has 0 aliphatic carbocycles. The van der Waals surface area contributed by atoms with Crippen LogP contribution in [0.1, 0.15) is 11.8 Å². The van der Waals surface area contributed by atoms with E-state index in [-0.39, 0.29) is 5.91 Å². The predicted molar refractivity (Wildman–Crippen MR) is 63.2 cm³/mol. The van der Waals surface area contributed by atoms with Gasteiger partial charge in [0, 0.05) is 18.5 Å². The summed E-state index contributed by atoms with van der Waals surface area (Å²) >= 11 is 1.62. The Bertz CT molecular complexity index is 351. The molecule has 3 N–H and O–H groups in total. The number of urea groups is 1. The summed E-state index contributed by atoms with van der Waals surface area (Å²) in [6.07, 6.45) is 0. The fourth-order valence-electron chi connectivity index (χ4n) is 1.04. The Morgan fingerprint density at radius 3 is 2.81 bits per heavy atom. The van der Waals surface area contributed by atoms with Gasteiger partial charge in [0.05, 0.1) is 6.04 Å². The van der Waals surface area contributed by atoms with Gasteiger partial charge >= 0.3 is 6.03 Å². The van der Waals surface area contributed by atoms with Crippen molar-refractivity contribution in [2.75, 3.05) is 7.05 Å². The number of carbonyl (C=O) groups excluding carboxylic acids is 2. The van der Waals surface area contributed by atoms with Crippen LogP contribution in [-0.4, -0.2) is 25.0 Å². The maximum absolute atomic E-state index is 11.4. The predicted octanol–water partition coefficient (Wildman–Crippen LogP) is 0.682. The summed E-state index contributed by atoms with van der Waals surface area (Å²) in [5, 5.41) is 9.55. The third-order valence-electron chi connectivity index (χ3n) is 2.02. The number of thiophene rings is 1. The molecule has 1 unspecified atom stereocenters. The van der Waals surface area contributed by atoms with E-state index in [9.17, 15) is 9.59 Å². The molecule has 0 saturated carbocycles. The monoisotopic (exact) mass is 241 g/mol. The lowest BCUT2D eigenvalue weighted by molar-refractivity contribution is -0.121. The van der Waals surface area contributed by atoms with Gasteiger partial charge in [0.25, 0.3) is 0 Å². The average molecular weight is 241 g/mol. The van der Waals surface area contributed by atoms with Gasteiger partial charge in [-0.3, -0.25) is 10.1 Å². The van der Waals surface area contributed by atoms with E-state index in [0.29, 0.717) is 6.54 Å². The SMILES string of the molecule is CNC(=O)NC(=O)C(C)NCc1cccs1. The normalized spacial score (nSPS) is 11.9. The lowest BCUT2D eigenvalue weighted by Crippen LogP contribution is -2.47. The maximum atomic E-state index is 11.4. The molecule has 5 nitrogen and oxygen atoms in total. The zero-order chi connectivity index (χ0) is 12.0. The van der Waals surface area contributed by atoms with Crippen LogP contribution in [0.3, 0.4) is 0 Å². The van der Waals surface area contributed by atoms with Crippen LogP contribution in [0.2, 0.25) is 0 Å². The van der Waals surface area contributed by atoms with Crippen molar-refractivity contribution in [1.29, 1.82) is 0 Å². The fourth-order valence-corrected chi connectivity index (χ4v) is 1.70. The van der Waals surface area contributed by atoms with Crippen LogP contribution in [0.5, 0.6) is 0 Å². The molecule has 0 spiro atoms. The van der Waals surface area contributed by atoms with E-state index in [1.165, 1.54) is 7.05 Å². The van der Waals surface area contributed by atoms with E-state index in [1.807, 2.05) is 17.5 Å². The number of carbonyl (C=O) groups is 2. The summed E-state index contributed by atoms with van der Waals surface area (Å²) in [5.74, 6) is -0.337. The quantitative estimate of drug-likeness (QED) is 0.726. The molecular weight excluding hydrogens is 226 g/mol. The highest BCUT2D eigenvalue weighted by molar-refractivity contribution is 7.09. The highest BCUT2D eigenvalue weighted by Gasteiger charge is 2.14. The van der Waals surface area contributed by atoms with Crippen molar-refractivity contribution in [2.45, 2.75) is 19.5 Å². The van der Waals surface area contributed by atoms with Crippen molar-refractivity contribution in [3.8, 4) is 0 Å². The van der Waals surface area contributed by atoms with E-state index < -0.39 is 12.1 Å². The van der Waals surface area contributed by atoms with Crippen LogP contribution in [-0.2, 0) is 11.3 Å². The third kappa shape index (κ3) is 4.00.